The number of benzene rings is 1. The molecule has 2 fully saturated rings. The number of nitrogens with one attached hydrogen (secondary N) is 1. The first-order valence-electron chi connectivity index (χ1n) is 8.08. The van der Waals surface area contributed by atoms with E-state index in [1.165, 1.54) is 0 Å². The van der Waals surface area contributed by atoms with Crippen LogP contribution in [0, 0.1) is 5.92 Å². The molecule has 2 atom stereocenters. The Kier molecular flexibility index (Phi) is 4.36. The largest absolute Gasteiger partial charge is 0.377 e. The molecule has 22 heavy (non-hydrogen) atoms. The van der Waals surface area contributed by atoms with Crippen molar-refractivity contribution in [3.05, 3.63) is 35.4 Å². The molecule has 1 saturated carbocycles. The van der Waals surface area contributed by atoms with E-state index < -0.39 is 0 Å². The molecule has 3 rings (SSSR count). The van der Waals surface area contributed by atoms with Crippen LogP contribution in [0.4, 0.5) is 4.79 Å². The summed E-state index contributed by atoms with van der Waals surface area (Å²) in [5.74, 6) is 0.496. The third-order valence-corrected chi connectivity index (χ3v) is 4.92. The van der Waals surface area contributed by atoms with Gasteiger partial charge in [0.2, 0.25) is 0 Å². The molecule has 1 aromatic rings. The van der Waals surface area contributed by atoms with Crippen molar-refractivity contribution < 1.29 is 9.53 Å². The van der Waals surface area contributed by atoms with E-state index in [0.29, 0.717) is 25.6 Å². The summed E-state index contributed by atoms with van der Waals surface area (Å²) in [5, 5.41) is 2.99. The fourth-order valence-electron chi connectivity index (χ4n) is 3.30. The van der Waals surface area contributed by atoms with Crippen molar-refractivity contribution in [3.8, 4) is 0 Å². The van der Waals surface area contributed by atoms with Crippen molar-refractivity contribution >= 4 is 6.03 Å². The van der Waals surface area contributed by atoms with Gasteiger partial charge in [0.25, 0.3) is 0 Å². The third-order valence-electron chi connectivity index (χ3n) is 4.92. The second-order valence-corrected chi connectivity index (χ2v) is 6.46. The lowest BCUT2D eigenvalue weighted by Crippen LogP contribution is -2.55. The molecule has 3 N–H and O–H groups in total. The Morgan fingerprint density at radius 2 is 2.14 bits per heavy atom. The van der Waals surface area contributed by atoms with Crippen LogP contribution >= 0.6 is 0 Å². The molecule has 1 aliphatic heterocycles. The molecular weight excluding hydrogens is 278 g/mol. The molecule has 1 saturated heterocycles. The summed E-state index contributed by atoms with van der Waals surface area (Å²) < 4.78 is 5.37. The summed E-state index contributed by atoms with van der Waals surface area (Å²) in [4.78, 5) is 14.1. The topological polar surface area (TPSA) is 67.6 Å². The Hall–Kier alpha value is -1.59. The summed E-state index contributed by atoms with van der Waals surface area (Å²) in [7, 11) is 0. The number of ether oxygens (including phenoxy) is 1. The number of fused-ring (bicyclic) bond motifs is 1. The Labute approximate surface area is 131 Å². The molecule has 1 aromatic carbocycles. The fraction of sp³-hybridized carbons (Fsp3) is 0.588. The number of rotatable bonds is 5. The van der Waals surface area contributed by atoms with E-state index in [1.807, 2.05) is 36.1 Å². The lowest BCUT2D eigenvalue weighted by molar-refractivity contribution is 0.134. The Balaban J connectivity index is 1.47. The standard InChI is InChI=1S/C17H25N3O2/c1-2-22-11-14-5-3-13(4-6-14)9-19-16(21)20-10-15-7-8-17(15,18)12-20/h3-6,15H,2,7-12,18H2,1H3,(H,19,21)/t15-,17-/m0/s1. The second-order valence-electron chi connectivity index (χ2n) is 6.46. The number of nitrogens with two attached hydrogens (primary N) is 1. The molecule has 2 aliphatic rings. The van der Waals surface area contributed by atoms with Crippen LogP contribution in [0.5, 0.6) is 0 Å². The highest BCUT2D eigenvalue weighted by Gasteiger charge is 2.51. The van der Waals surface area contributed by atoms with Gasteiger partial charge in [-0.2, -0.15) is 0 Å². The lowest BCUT2D eigenvalue weighted by atomic mass is 9.70. The molecule has 0 unspecified atom stereocenters. The molecule has 0 bridgehead atoms. The summed E-state index contributed by atoms with van der Waals surface area (Å²) in [6.45, 7) is 5.38. The summed E-state index contributed by atoms with van der Waals surface area (Å²) in [6, 6.07) is 8.15. The van der Waals surface area contributed by atoms with Crippen molar-refractivity contribution in [3.63, 3.8) is 0 Å². The molecule has 120 valence electrons. The quantitative estimate of drug-likeness (QED) is 0.872. The van der Waals surface area contributed by atoms with Crippen molar-refractivity contribution in [1.82, 2.24) is 10.2 Å². The van der Waals surface area contributed by atoms with Crippen molar-refractivity contribution in [2.45, 2.75) is 38.5 Å². The third kappa shape index (κ3) is 3.10. The van der Waals surface area contributed by atoms with Crippen LogP contribution in [0.25, 0.3) is 0 Å². The van der Waals surface area contributed by atoms with E-state index in [9.17, 15) is 4.79 Å². The highest BCUT2D eigenvalue weighted by Crippen LogP contribution is 2.42. The number of likely N-dealkylation sites (tertiary alicyclic amines) is 1. The predicted octanol–water partition coefficient (Wildman–Crippen LogP) is 1.86. The van der Waals surface area contributed by atoms with Gasteiger partial charge < -0.3 is 20.7 Å². The van der Waals surface area contributed by atoms with Crippen LogP contribution in [-0.2, 0) is 17.9 Å². The van der Waals surface area contributed by atoms with Gasteiger partial charge in [-0.1, -0.05) is 24.3 Å². The van der Waals surface area contributed by atoms with Crippen LogP contribution in [0.3, 0.4) is 0 Å². The van der Waals surface area contributed by atoms with Crippen LogP contribution in [0.15, 0.2) is 24.3 Å². The number of hydrogen-bond donors (Lipinski definition) is 2. The first-order chi connectivity index (χ1) is 10.6. The number of carbonyl (C=O) groups is 1. The average Bonchev–Trinajstić information content (AvgIpc) is 2.76. The molecule has 0 radical (unpaired) electrons. The maximum absolute atomic E-state index is 12.2. The highest BCUT2D eigenvalue weighted by atomic mass is 16.5. The van der Waals surface area contributed by atoms with E-state index in [-0.39, 0.29) is 11.6 Å². The van der Waals surface area contributed by atoms with Gasteiger partial charge in [0, 0.05) is 31.8 Å². The zero-order valence-corrected chi connectivity index (χ0v) is 13.2. The van der Waals surface area contributed by atoms with Gasteiger partial charge in [-0.05, 0) is 36.8 Å². The van der Waals surface area contributed by atoms with Gasteiger partial charge in [-0.25, -0.2) is 4.79 Å². The maximum atomic E-state index is 12.2. The zero-order chi connectivity index (χ0) is 15.6. The SMILES string of the molecule is CCOCc1ccc(CNC(=O)N2C[C@@H]3CC[C@]3(N)C2)cc1. The predicted molar refractivity (Wildman–Crippen MR) is 85.2 cm³/mol. The number of urea groups is 1. The molecule has 0 spiro atoms. The molecule has 2 amide bonds. The Bertz CT molecular complexity index is 531. The van der Waals surface area contributed by atoms with Crippen molar-refractivity contribution in [2.24, 2.45) is 11.7 Å². The minimum atomic E-state index is -0.113. The Morgan fingerprint density at radius 3 is 2.68 bits per heavy atom. The fourth-order valence-corrected chi connectivity index (χ4v) is 3.30. The minimum absolute atomic E-state index is 0.00221. The van der Waals surface area contributed by atoms with Crippen LogP contribution in [-0.4, -0.2) is 36.2 Å². The van der Waals surface area contributed by atoms with Gasteiger partial charge in [-0.3, -0.25) is 0 Å². The van der Waals surface area contributed by atoms with Gasteiger partial charge in [0.05, 0.1) is 6.61 Å². The molecule has 5 heteroatoms. The van der Waals surface area contributed by atoms with Crippen molar-refractivity contribution in [1.29, 1.82) is 0 Å². The summed E-state index contributed by atoms with van der Waals surface area (Å²) in [5.41, 5.74) is 8.40. The number of carbonyl (C=O) groups excluding carboxylic acids is 1. The molecule has 0 aromatic heterocycles. The average molecular weight is 303 g/mol. The van der Waals surface area contributed by atoms with E-state index in [1.54, 1.807) is 0 Å². The van der Waals surface area contributed by atoms with Gasteiger partial charge in [0.15, 0.2) is 0 Å². The van der Waals surface area contributed by atoms with Crippen LogP contribution in [0.2, 0.25) is 0 Å². The first kappa shape index (κ1) is 15.3. The summed E-state index contributed by atoms with van der Waals surface area (Å²) in [6.07, 6.45) is 2.20. The van der Waals surface area contributed by atoms with Crippen LogP contribution in [0.1, 0.15) is 30.9 Å². The van der Waals surface area contributed by atoms with E-state index in [0.717, 1.165) is 37.1 Å². The van der Waals surface area contributed by atoms with Gasteiger partial charge in [0.1, 0.15) is 0 Å². The number of hydrogen-bond acceptors (Lipinski definition) is 3. The molecule has 1 aliphatic carbocycles. The smallest absolute Gasteiger partial charge is 0.317 e. The zero-order valence-electron chi connectivity index (χ0n) is 13.2. The number of amides is 2. The maximum Gasteiger partial charge on any atom is 0.317 e. The van der Waals surface area contributed by atoms with Gasteiger partial charge in [-0.15, -0.1) is 0 Å². The lowest BCUT2D eigenvalue weighted by Gasteiger charge is -2.39. The second kappa shape index (κ2) is 6.26. The van der Waals surface area contributed by atoms with E-state index >= 15 is 0 Å². The minimum Gasteiger partial charge on any atom is -0.377 e. The van der Waals surface area contributed by atoms with E-state index in [4.69, 9.17) is 10.5 Å². The molecular formula is C17H25N3O2. The number of nitrogens with zero attached hydrogens (tertiary/aromatic N) is 1. The normalized spacial score (nSPS) is 26.5. The van der Waals surface area contributed by atoms with Crippen molar-refractivity contribution in [2.75, 3.05) is 19.7 Å². The van der Waals surface area contributed by atoms with Gasteiger partial charge >= 0.3 is 6.03 Å². The first-order valence-corrected chi connectivity index (χ1v) is 8.08. The molecule has 1 heterocycles. The molecule has 5 nitrogen and oxygen atoms in total. The Morgan fingerprint density at radius 1 is 1.41 bits per heavy atom. The highest BCUT2D eigenvalue weighted by molar-refractivity contribution is 5.75. The monoisotopic (exact) mass is 303 g/mol. The van der Waals surface area contributed by atoms with Crippen LogP contribution < -0.4 is 11.1 Å². The van der Waals surface area contributed by atoms with E-state index in [2.05, 4.69) is 5.32 Å². The summed E-state index contributed by atoms with van der Waals surface area (Å²) >= 11 is 0.